The summed E-state index contributed by atoms with van der Waals surface area (Å²) in [6.45, 7) is 6.48. The van der Waals surface area contributed by atoms with Crippen molar-refractivity contribution in [2.75, 3.05) is 0 Å². The summed E-state index contributed by atoms with van der Waals surface area (Å²) < 4.78 is 0. The summed E-state index contributed by atoms with van der Waals surface area (Å²) >= 11 is 1.89. The van der Waals surface area contributed by atoms with Gasteiger partial charge in [-0.25, -0.2) is 0 Å². The average molecular weight is 219 g/mol. The molecule has 15 heavy (non-hydrogen) atoms. The minimum Gasteiger partial charge on any atom is -0.279 e. The normalized spacial score (nSPS) is 25.4. The molecule has 0 bridgehead atoms. The molecule has 0 fully saturated rings. The summed E-state index contributed by atoms with van der Waals surface area (Å²) in [5.41, 5.74) is 2.82. The van der Waals surface area contributed by atoms with Crippen LogP contribution < -0.4 is 0 Å². The zero-order valence-electron chi connectivity index (χ0n) is 9.53. The molecule has 1 aromatic rings. The average Bonchev–Trinajstić information content (AvgIpc) is 2.58. The Hall–Kier alpha value is -0.760. The Kier molecular flexibility index (Phi) is 3.15. The molecule has 1 nitrogen and oxygen atoms in total. The Bertz CT molecular complexity index is 367. The van der Waals surface area contributed by atoms with Crippen LogP contribution in [0.4, 0.5) is 0 Å². The second kappa shape index (κ2) is 4.40. The fourth-order valence-corrected chi connectivity index (χ4v) is 3.10. The van der Waals surface area contributed by atoms with Crippen molar-refractivity contribution in [3.63, 3.8) is 0 Å². The molecule has 80 valence electrons. The van der Waals surface area contributed by atoms with Gasteiger partial charge in [-0.05, 0) is 31.4 Å². The van der Waals surface area contributed by atoms with Crippen molar-refractivity contribution in [2.24, 2.45) is 4.99 Å². The Morgan fingerprint density at radius 3 is 2.40 bits per heavy atom. The van der Waals surface area contributed by atoms with E-state index in [1.54, 1.807) is 0 Å². The minimum atomic E-state index is 0.419. The maximum atomic E-state index is 4.57. The maximum absolute atomic E-state index is 4.57. The van der Waals surface area contributed by atoms with E-state index < -0.39 is 0 Å². The number of thioether (sulfide) groups is 1. The van der Waals surface area contributed by atoms with Gasteiger partial charge in [-0.1, -0.05) is 31.2 Å². The van der Waals surface area contributed by atoms with Crippen molar-refractivity contribution in [3.8, 4) is 0 Å². The smallest absolute Gasteiger partial charge is 0.0655 e. The summed E-state index contributed by atoms with van der Waals surface area (Å²) in [5, 5.41) is 1.74. The topological polar surface area (TPSA) is 12.4 Å². The van der Waals surface area contributed by atoms with E-state index >= 15 is 0 Å². The number of aliphatic imine (C=N–C) groups is 1. The van der Waals surface area contributed by atoms with Crippen molar-refractivity contribution >= 4 is 16.8 Å². The molecular weight excluding hydrogens is 202 g/mol. The van der Waals surface area contributed by atoms with Gasteiger partial charge in [-0.3, -0.25) is 4.99 Å². The van der Waals surface area contributed by atoms with Gasteiger partial charge in [-0.2, -0.15) is 0 Å². The molecule has 0 aliphatic carbocycles. The molecule has 0 spiro atoms. The summed E-state index contributed by atoms with van der Waals surface area (Å²) in [5.74, 6) is 0. The number of hydrogen-bond donors (Lipinski definition) is 0. The molecule has 0 aromatic heterocycles. The third-order valence-corrected chi connectivity index (χ3v) is 4.20. The first-order valence-electron chi connectivity index (χ1n) is 5.50. The molecule has 0 saturated heterocycles. The van der Waals surface area contributed by atoms with Crippen molar-refractivity contribution in [1.82, 2.24) is 0 Å². The molecule has 0 N–H and O–H groups in total. The first kappa shape index (κ1) is 10.7. The van der Waals surface area contributed by atoms with Crippen LogP contribution in [0, 0.1) is 0 Å². The lowest BCUT2D eigenvalue weighted by Crippen LogP contribution is -2.04. The van der Waals surface area contributed by atoms with Crippen molar-refractivity contribution in [3.05, 3.63) is 35.4 Å². The predicted molar refractivity (Wildman–Crippen MR) is 68.7 cm³/mol. The van der Waals surface area contributed by atoms with Crippen molar-refractivity contribution in [1.29, 1.82) is 0 Å². The summed E-state index contributed by atoms with van der Waals surface area (Å²) in [4.78, 5) is 4.57. The monoisotopic (exact) mass is 219 g/mol. The van der Waals surface area contributed by atoms with Gasteiger partial charge in [0.15, 0.2) is 0 Å². The van der Waals surface area contributed by atoms with Crippen LogP contribution >= 0.6 is 11.8 Å². The lowest BCUT2D eigenvalue weighted by atomic mass is 10.0. The Morgan fingerprint density at radius 2 is 1.93 bits per heavy atom. The zero-order chi connectivity index (χ0) is 10.8. The Balaban J connectivity index is 2.17. The molecule has 2 rings (SSSR count). The number of aryl methyl sites for hydroxylation is 1. The quantitative estimate of drug-likeness (QED) is 0.736. The van der Waals surface area contributed by atoms with E-state index in [2.05, 4.69) is 50.0 Å². The molecule has 1 aromatic carbocycles. The van der Waals surface area contributed by atoms with Crippen molar-refractivity contribution in [2.45, 2.75) is 38.5 Å². The van der Waals surface area contributed by atoms with Crippen LogP contribution in [-0.2, 0) is 6.42 Å². The van der Waals surface area contributed by atoms with E-state index in [1.165, 1.54) is 16.2 Å². The van der Waals surface area contributed by atoms with E-state index in [4.69, 9.17) is 0 Å². The fourth-order valence-electron chi connectivity index (χ4n) is 1.96. The van der Waals surface area contributed by atoms with E-state index in [1.807, 2.05) is 11.8 Å². The summed E-state index contributed by atoms with van der Waals surface area (Å²) in [6.07, 6.45) is 1.11. The van der Waals surface area contributed by atoms with Gasteiger partial charge < -0.3 is 0 Å². The van der Waals surface area contributed by atoms with Crippen LogP contribution in [0.1, 0.15) is 37.1 Å². The van der Waals surface area contributed by atoms with Gasteiger partial charge >= 0.3 is 0 Å². The number of rotatable bonds is 2. The first-order valence-corrected chi connectivity index (χ1v) is 6.38. The lowest BCUT2D eigenvalue weighted by Gasteiger charge is -2.13. The lowest BCUT2D eigenvalue weighted by molar-refractivity contribution is 0.739. The van der Waals surface area contributed by atoms with Gasteiger partial charge in [-0.15, -0.1) is 11.8 Å². The van der Waals surface area contributed by atoms with Crippen LogP contribution in [-0.4, -0.2) is 11.1 Å². The highest BCUT2D eigenvalue weighted by Crippen LogP contribution is 2.39. The standard InChI is InChI=1S/C13H17NS/c1-4-11-5-7-12(8-6-11)13-9(2)14-10(3)15-13/h5-9,13H,4H2,1-3H3/t9-,13?/m1/s1. The molecule has 1 aliphatic rings. The number of nitrogens with zero attached hydrogens (tertiary/aromatic N) is 1. The van der Waals surface area contributed by atoms with E-state index in [9.17, 15) is 0 Å². The number of hydrogen-bond acceptors (Lipinski definition) is 2. The SMILES string of the molecule is CCc1ccc(C2SC(C)=N[C@@H]2C)cc1. The Labute approximate surface area is 96.0 Å². The van der Waals surface area contributed by atoms with Crippen molar-refractivity contribution < 1.29 is 0 Å². The van der Waals surface area contributed by atoms with Crippen LogP contribution in [0.5, 0.6) is 0 Å². The first-order chi connectivity index (χ1) is 7.20. The summed E-state index contributed by atoms with van der Waals surface area (Å²) in [7, 11) is 0. The maximum Gasteiger partial charge on any atom is 0.0655 e. The van der Waals surface area contributed by atoms with Gasteiger partial charge in [0.2, 0.25) is 0 Å². The largest absolute Gasteiger partial charge is 0.279 e. The molecule has 0 amide bonds. The predicted octanol–water partition coefficient (Wildman–Crippen LogP) is 3.84. The molecule has 0 radical (unpaired) electrons. The highest BCUT2D eigenvalue weighted by molar-refractivity contribution is 8.14. The third kappa shape index (κ3) is 2.25. The van der Waals surface area contributed by atoms with E-state index in [-0.39, 0.29) is 0 Å². The molecule has 2 heteroatoms. The zero-order valence-corrected chi connectivity index (χ0v) is 10.3. The molecule has 1 aliphatic heterocycles. The van der Waals surface area contributed by atoms with E-state index in [0.717, 1.165) is 6.42 Å². The molecule has 1 unspecified atom stereocenters. The Morgan fingerprint density at radius 1 is 1.27 bits per heavy atom. The van der Waals surface area contributed by atoms with Crippen LogP contribution in [0.15, 0.2) is 29.3 Å². The van der Waals surface area contributed by atoms with Gasteiger partial charge in [0.1, 0.15) is 0 Å². The highest BCUT2D eigenvalue weighted by atomic mass is 32.2. The summed E-state index contributed by atoms with van der Waals surface area (Å²) in [6, 6.07) is 9.39. The van der Waals surface area contributed by atoms with Crippen LogP contribution in [0.25, 0.3) is 0 Å². The highest BCUT2D eigenvalue weighted by Gasteiger charge is 2.25. The minimum absolute atomic E-state index is 0.419. The van der Waals surface area contributed by atoms with Crippen LogP contribution in [0.2, 0.25) is 0 Å². The third-order valence-electron chi connectivity index (χ3n) is 2.84. The molecule has 2 atom stereocenters. The van der Waals surface area contributed by atoms with E-state index in [0.29, 0.717) is 11.3 Å². The number of benzene rings is 1. The van der Waals surface area contributed by atoms with Gasteiger partial charge in [0.05, 0.1) is 16.3 Å². The van der Waals surface area contributed by atoms with Gasteiger partial charge in [0, 0.05) is 0 Å². The second-order valence-electron chi connectivity index (χ2n) is 4.02. The second-order valence-corrected chi connectivity index (χ2v) is 5.36. The molecule has 0 saturated carbocycles. The van der Waals surface area contributed by atoms with Crippen LogP contribution in [0.3, 0.4) is 0 Å². The fraction of sp³-hybridized carbons (Fsp3) is 0.462. The van der Waals surface area contributed by atoms with Gasteiger partial charge in [0.25, 0.3) is 0 Å². The molecular formula is C13H17NS. The molecule has 1 heterocycles.